The van der Waals surface area contributed by atoms with Crippen molar-refractivity contribution >= 4 is 35.0 Å². The molecule has 0 aliphatic heterocycles. The highest BCUT2D eigenvalue weighted by molar-refractivity contribution is 7.99. The van der Waals surface area contributed by atoms with Gasteiger partial charge in [0.2, 0.25) is 5.91 Å². The van der Waals surface area contributed by atoms with E-state index in [-0.39, 0.29) is 5.91 Å². The van der Waals surface area contributed by atoms with Crippen molar-refractivity contribution in [1.29, 1.82) is 0 Å². The van der Waals surface area contributed by atoms with Crippen molar-refractivity contribution in [2.24, 2.45) is 0 Å². The molecule has 144 valence electrons. The molecule has 5 heteroatoms. The summed E-state index contributed by atoms with van der Waals surface area (Å²) in [6, 6.07) is 21.1. The number of hydrogen-bond donors (Lipinski definition) is 1. The Labute approximate surface area is 175 Å². The summed E-state index contributed by atoms with van der Waals surface area (Å²) < 4.78 is 5.89. The Kier molecular flexibility index (Phi) is 7.01. The summed E-state index contributed by atoms with van der Waals surface area (Å²) in [5, 5.41) is 3.45. The maximum atomic E-state index is 12.4. The number of anilines is 1. The third-order valence-corrected chi connectivity index (χ3v) is 5.21. The number of para-hydroxylation sites is 1. The number of carbonyl (C=O) groups is 1. The summed E-state index contributed by atoms with van der Waals surface area (Å²) in [7, 11) is 0. The Morgan fingerprint density at radius 2 is 1.71 bits per heavy atom. The Morgan fingerprint density at radius 1 is 1.00 bits per heavy atom. The van der Waals surface area contributed by atoms with E-state index in [4.69, 9.17) is 16.3 Å². The molecule has 0 spiro atoms. The van der Waals surface area contributed by atoms with Crippen LogP contribution in [0.1, 0.15) is 16.7 Å². The van der Waals surface area contributed by atoms with Gasteiger partial charge in [-0.2, -0.15) is 0 Å². The molecule has 3 rings (SSSR count). The van der Waals surface area contributed by atoms with E-state index in [1.54, 1.807) is 30.0 Å². The predicted molar refractivity (Wildman–Crippen MR) is 119 cm³/mol. The highest BCUT2D eigenvalue weighted by Crippen LogP contribution is 2.32. The molecule has 0 saturated carbocycles. The van der Waals surface area contributed by atoms with Crippen LogP contribution in [0.3, 0.4) is 0 Å². The molecular formula is C23H22ClNO2S. The maximum Gasteiger partial charge on any atom is 0.234 e. The molecule has 0 aromatic heterocycles. The largest absolute Gasteiger partial charge is 0.455 e. The molecule has 1 N–H and O–H groups in total. The van der Waals surface area contributed by atoms with Gasteiger partial charge in [0.15, 0.2) is 5.75 Å². The summed E-state index contributed by atoms with van der Waals surface area (Å²) in [4.78, 5) is 12.4. The van der Waals surface area contributed by atoms with Crippen LogP contribution in [0.5, 0.6) is 11.5 Å². The van der Waals surface area contributed by atoms with Gasteiger partial charge in [0.1, 0.15) is 5.75 Å². The number of ether oxygens (including phenoxy) is 1. The fourth-order valence-corrected chi connectivity index (χ4v) is 3.84. The lowest BCUT2D eigenvalue weighted by atomic mass is 10.1. The second-order valence-electron chi connectivity index (χ2n) is 6.59. The standard InChI is InChI=1S/C23H22ClNO2S/c1-16-10-17(2)12-18(11-16)14-28-15-23(26)25-21-13-19(24)8-9-22(21)27-20-6-4-3-5-7-20/h3-13H,14-15H2,1-2H3,(H,25,26). The van der Waals surface area contributed by atoms with Crippen molar-refractivity contribution in [2.75, 3.05) is 11.1 Å². The fourth-order valence-electron chi connectivity index (χ4n) is 2.90. The Hall–Kier alpha value is -2.43. The van der Waals surface area contributed by atoms with Gasteiger partial charge < -0.3 is 10.1 Å². The van der Waals surface area contributed by atoms with Gasteiger partial charge in [0.05, 0.1) is 11.4 Å². The average Bonchev–Trinajstić information content (AvgIpc) is 2.64. The summed E-state index contributed by atoms with van der Waals surface area (Å²) >= 11 is 7.68. The SMILES string of the molecule is Cc1cc(C)cc(CSCC(=O)Nc2cc(Cl)ccc2Oc2ccccc2)c1. The quantitative estimate of drug-likeness (QED) is 0.474. The number of nitrogens with one attached hydrogen (secondary N) is 1. The summed E-state index contributed by atoms with van der Waals surface area (Å²) in [5.74, 6) is 2.31. The van der Waals surface area contributed by atoms with Gasteiger partial charge in [0.25, 0.3) is 0 Å². The highest BCUT2D eigenvalue weighted by atomic mass is 35.5. The summed E-state index contributed by atoms with van der Waals surface area (Å²) in [5.41, 5.74) is 4.27. The molecule has 0 fully saturated rings. The Balaban J connectivity index is 1.60. The molecule has 0 unspecified atom stereocenters. The number of rotatable bonds is 7. The van der Waals surface area contributed by atoms with Crippen molar-refractivity contribution in [1.82, 2.24) is 0 Å². The third-order valence-electron chi connectivity index (χ3n) is 3.97. The van der Waals surface area contributed by atoms with Crippen LogP contribution in [0.25, 0.3) is 0 Å². The number of aryl methyl sites for hydroxylation is 2. The number of thioether (sulfide) groups is 1. The second kappa shape index (κ2) is 9.67. The van der Waals surface area contributed by atoms with E-state index in [0.29, 0.717) is 28.0 Å². The predicted octanol–water partition coefficient (Wildman–Crippen LogP) is 6.62. The van der Waals surface area contributed by atoms with Crippen LogP contribution in [0.15, 0.2) is 66.7 Å². The molecule has 0 bridgehead atoms. The number of benzene rings is 3. The third kappa shape index (κ3) is 6.04. The number of carbonyl (C=O) groups excluding carboxylic acids is 1. The van der Waals surface area contributed by atoms with E-state index >= 15 is 0 Å². The topological polar surface area (TPSA) is 38.3 Å². The van der Waals surface area contributed by atoms with E-state index in [0.717, 1.165) is 5.75 Å². The second-order valence-corrected chi connectivity index (χ2v) is 8.01. The molecule has 0 atom stereocenters. The molecule has 0 saturated heterocycles. The molecule has 3 nitrogen and oxygen atoms in total. The molecule has 28 heavy (non-hydrogen) atoms. The van der Waals surface area contributed by atoms with Gasteiger partial charge in [-0.05, 0) is 49.7 Å². The van der Waals surface area contributed by atoms with E-state index < -0.39 is 0 Å². The lowest BCUT2D eigenvalue weighted by Gasteiger charge is -2.13. The number of amides is 1. The van der Waals surface area contributed by atoms with Crippen LogP contribution in [0, 0.1) is 13.8 Å². The first-order valence-electron chi connectivity index (χ1n) is 8.97. The lowest BCUT2D eigenvalue weighted by molar-refractivity contribution is -0.113. The van der Waals surface area contributed by atoms with Crippen LogP contribution in [-0.2, 0) is 10.5 Å². The Morgan fingerprint density at radius 3 is 2.43 bits per heavy atom. The first kappa shape index (κ1) is 20.3. The monoisotopic (exact) mass is 411 g/mol. The first-order valence-corrected chi connectivity index (χ1v) is 10.5. The molecule has 0 aliphatic carbocycles. The zero-order chi connectivity index (χ0) is 19.9. The average molecular weight is 412 g/mol. The molecule has 0 radical (unpaired) electrons. The zero-order valence-electron chi connectivity index (χ0n) is 15.9. The van der Waals surface area contributed by atoms with Gasteiger partial charge in [-0.25, -0.2) is 0 Å². The highest BCUT2D eigenvalue weighted by Gasteiger charge is 2.10. The van der Waals surface area contributed by atoms with Gasteiger partial charge in [0, 0.05) is 10.8 Å². The van der Waals surface area contributed by atoms with E-state index in [1.807, 2.05) is 30.3 Å². The van der Waals surface area contributed by atoms with Gasteiger partial charge >= 0.3 is 0 Å². The zero-order valence-corrected chi connectivity index (χ0v) is 17.4. The molecule has 3 aromatic rings. The van der Waals surface area contributed by atoms with E-state index in [1.165, 1.54) is 16.7 Å². The van der Waals surface area contributed by atoms with Crippen LogP contribution in [0.2, 0.25) is 5.02 Å². The smallest absolute Gasteiger partial charge is 0.234 e. The van der Waals surface area contributed by atoms with Gasteiger partial charge in [-0.15, -0.1) is 11.8 Å². The van der Waals surface area contributed by atoms with Gasteiger partial charge in [-0.3, -0.25) is 4.79 Å². The van der Waals surface area contributed by atoms with Crippen molar-refractivity contribution < 1.29 is 9.53 Å². The van der Waals surface area contributed by atoms with E-state index in [9.17, 15) is 4.79 Å². The summed E-state index contributed by atoms with van der Waals surface area (Å²) in [6.07, 6.45) is 0. The van der Waals surface area contributed by atoms with E-state index in [2.05, 4.69) is 37.4 Å². The summed E-state index contributed by atoms with van der Waals surface area (Å²) in [6.45, 7) is 4.17. The lowest BCUT2D eigenvalue weighted by Crippen LogP contribution is -2.14. The molecule has 0 aliphatic rings. The van der Waals surface area contributed by atoms with Crippen molar-refractivity contribution in [3.63, 3.8) is 0 Å². The molecule has 1 amide bonds. The van der Waals surface area contributed by atoms with Crippen LogP contribution in [-0.4, -0.2) is 11.7 Å². The minimum atomic E-state index is -0.0884. The molecule has 3 aromatic carbocycles. The minimum absolute atomic E-state index is 0.0884. The van der Waals surface area contributed by atoms with Crippen LogP contribution in [0.4, 0.5) is 5.69 Å². The number of hydrogen-bond acceptors (Lipinski definition) is 3. The minimum Gasteiger partial charge on any atom is -0.455 e. The maximum absolute atomic E-state index is 12.4. The normalized spacial score (nSPS) is 10.5. The van der Waals surface area contributed by atoms with Gasteiger partial charge in [-0.1, -0.05) is 59.1 Å². The Bertz CT molecular complexity index is 940. The number of halogens is 1. The van der Waals surface area contributed by atoms with Crippen molar-refractivity contribution in [2.45, 2.75) is 19.6 Å². The van der Waals surface area contributed by atoms with Crippen molar-refractivity contribution in [3.05, 3.63) is 88.4 Å². The van der Waals surface area contributed by atoms with Crippen LogP contribution < -0.4 is 10.1 Å². The van der Waals surface area contributed by atoms with Crippen molar-refractivity contribution in [3.8, 4) is 11.5 Å². The first-order chi connectivity index (χ1) is 13.5. The van der Waals surface area contributed by atoms with Crippen LogP contribution >= 0.6 is 23.4 Å². The fraction of sp³-hybridized carbons (Fsp3) is 0.174. The molecular weight excluding hydrogens is 390 g/mol. The molecule has 0 heterocycles.